The molecule has 0 radical (unpaired) electrons. The van der Waals surface area contributed by atoms with Gasteiger partial charge in [0.05, 0.1) is 24.5 Å². The lowest BCUT2D eigenvalue weighted by molar-refractivity contribution is -0.137. The summed E-state index contributed by atoms with van der Waals surface area (Å²) in [6.45, 7) is 1.90. The van der Waals surface area contributed by atoms with Crippen molar-refractivity contribution in [2.75, 3.05) is 36.5 Å². The quantitative estimate of drug-likeness (QED) is 0.628. The Kier molecular flexibility index (Phi) is 5.03. The standard InChI is InChI=1S/C19H17F5N4O/c20-12-1-2-15(21)11(7-12)9-25-17-13-8-16(28-3-5-29-6-4-28)27-18(13)26-10-14(17)19(22,23)24/h1-2,7-8,10H,3-6,9H2,(H2,25,26,27). The van der Waals surface area contributed by atoms with Crippen LogP contribution in [-0.4, -0.2) is 36.3 Å². The molecule has 2 N–H and O–H groups in total. The predicted octanol–water partition coefficient (Wildman–Crippen LogP) is 4.31. The maximum atomic E-state index is 13.9. The van der Waals surface area contributed by atoms with Crippen molar-refractivity contribution in [2.24, 2.45) is 0 Å². The largest absolute Gasteiger partial charge is 0.419 e. The van der Waals surface area contributed by atoms with Gasteiger partial charge in [-0.05, 0) is 24.3 Å². The molecule has 1 saturated heterocycles. The lowest BCUT2D eigenvalue weighted by Gasteiger charge is -2.27. The molecule has 0 bridgehead atoms. The van der Waals surface area contributed by atoms with Crippen molar-refractivity contribution in [3.63, 3.8) is 0 Å². The van der Waals surface area contributed by atoms with E-state index >= 15 is 0 Å². The van der Waals surface area contributed by atoms with Gasteiger partial charge in [-0.1, -0.05) is 0 Å². The first-order valence-electron chi connectivity index (χ1n) is 8.92. The van der Waals surface area contributed by atoms with Crippen molar-refractivity contribution >= 4 is 22.5 Å². The van der Waals surface area contributed by atoms with Crippen LogP contribution in [0.2, 0.25) is 0 Å². The molecule has 1 fully saturated rings. The third-order valence-electron chi connectivity index (χ3n) is 4.76. The highest BCUT2D eigenvalue weighted by molar-refractivity contribution is 5.94. The fourth-order valence-electron chi connectivity index (χ4n) is 3.30. The Morgan fingerprint density at radius 2 is 1.90 bits per heavy atom. The first-order chi connectivity index (χ1) is 13.8. The fraction of sp³-hybridized carbons (Fsp3) is 0.316. The smallest absolute Gasteiger partial charge is 0.380 e. The van der Waals surface area contributed by atoms with E-state index < -0.39 is 23.4 Å². The number of morpholine rings is 1. The van der Waals surface area contributed by atoms with Gasteiger partial charge >= 0.3 is 6.18 Å². The van der Waals surface area contributed by atoms with Crippen LogP contribution in [0.15, 0.2) is 30.5 Å². The number of fused-ring (bicyclic) bond motifs is 1. The van der Waals surface area contributed by atoms with Crippen LogP contribution in [0.1, 0.15) is 11.1 Å². The fourth-order valence-corrected chi connectivity index (χ4v) is 3.30. The number of nitrogens with zero attached hydrogens (tertiary/aromatic N) is 2. The summed E-state index contributed by atoms with van der Waals surface area (Å²) in [5.74, 6) is -0.758. The molecule has 0 saturated carbocycles. The highest BCUT2D eigenvalue weighted by Crippen LogP contribution is 2.39. The van der Waals surface area contributed by atoms with Crippen molar-refractivity contribution < 1.29 is 26.7 Å². The van der Waals surface area contributed by atoms with Crippen LogP contribution >= 0.6 is 0 Å². The molecule has 0 aliphatic carbocycles. The van der Waals surface area contributed by atoms with Gasteiger partial charge in [-0.15, -0.1) is 0 Å². The maximum absolute atomic E-state index is 13.9. The highest BCUT2D eigenvalue weighted by atomic mass is 19.4. The highest BCUT2D eigenvalue weighted by Gasteiger charge is 2.35. The second kappa shape index (κ2) is 7.51. The summed E-state index contributed by atoms with van der Waals surface area (Å²) in [5.41, 5.74) is -1.02. The minimum absolute atomic E-state index is 0.0768. The minimum atomic E-state index is -4.67. The number of H-pyrrole nitrogens is 1. The van der Waals surface area contributed by atoms with E-state index in [4.69, 9.17) is 4.74 Å². The first kappa shape index (κ1) is 19.4. The van der Waals surface area contributed by atoms with Crippen LogP contribution in [0.3, 0.4) is 0 Å². The van der Waals surface area contributed by atoms with E-state index in [1.54, 1.807) is 6.07 Å². The van der Waals surface area contributed by atoms with E-state index in [0.29, 0.717) is 32.1 Å². The van der Waals surface area contributed by atoms with Crippen LogP contribution in [0, 0.1) is 11.6 Å². The van der Waals surface area contributed by atoms with Gasteiger partial charge < -0.3 is 19.9 Å². The summed E-state index contributed by atoms with van der Waals surface area (Å²) in [4.78, 5) is 8.88. The van der Waals surface area contributed by atoms with Gasteiger partial charge in [0.25, 0.3) is 0 Å². The molecule has 5 nitrogen and oxygen atoms in total. The van der Waals surface area contributed by atoms with Crippen molar-refractivity contribution in [3.05, 3.63) is 53.2 Å². The number of aromatic amines is 1. The Morgan fingerprint density at radius 1 is 1.14 bits per heavy atom. The molecule has 154 valence electrons. The first-order valence-corrected chi connectivity index (χ1v) is 8.92. The number of pyridine rings is 1. The van der Waals surface area contributed by atoms with Gasteiger partial charge in [-0.2, -0.15) is 13.2 Å². The Morgan fingerprint density at radius 3 is 2.62 bits per heavy atom. The zero-order chi connectivity index (χ0) is 20.6. The zero-order valence-corrected chi connectivity index (χ0v) is 15.1. The van der Waals surface area contributed by atoms with Gasteiger partial charge in [0.15, 0.2) is 0 Å². The van der Waals surface area contributed by atoms with Crippen LogP contribution in [0.4, 0.5) is 33.5 Å². The summed E-state index contributed by atoms with van der Waals surface area (Å²) in [5, 5.41) is 2.85. The molecule has 4 rings (SSSR count). The number of alkyl halides is 3. The third-order valence-corrected chi connectivity index (χ3v) is 4.76. The number of halogens is 5. The average Bonchev–Trinajstić information content (AvgIpc) is 3.13. The molecule has 3 aromatic rings. The van der Waals surface area contributed by atoms with Gasteiger partial charge in [0.1, 0.15) is 23.1 Å². The lowest BCUT2D eigenvalue weighted by atomic mass is 10.1. The van der Waals surface area contributed by atoms with E-state index in [1.165, 1.54) is 0 Å². The number of nitrogens with one attached hydrogen (secondary N) is 2. The molecule has 0 spiro atoms. The molecular weight excluding hydrogens is 395 g/mol. The van der Waals surface area contributed by atoms with Crippen LogP contribution in [-0.2, 0) is 17.5 Å². The van der Waals surface area contributed by atoms with E-state index in [0.717, 1.165) is 24.4 Å². The number of aromatic nitrogens is 2. The van der Waals surface area contributed by atoms with Crippen molar-refractivity contribution in [1.29, 1.82) is 0 Å². The molecule has 0 unspecified atom stereocenters. The topological polar surface area (TPSA) is 53.2 Å². The zero-order valence-electron chi connectivity index (χ0n) is 15.1. The second-order valence-corrected chi connectivity index (χ2v) is 6.65. The molecule has 0 amide bonds. The van der Waals surface area contributed by atoms with E-state index in [2.05, 4.69) is 15.3 Å². The summed E-state index contributed by atoms with van der Waals surface area (Å²) in [6.07, 6.45) is -3.94. The summed E-state index contributed by atoms with van der Waals surface area (Å²) < 4.78 is 73.3. The number of hydrogen-bond acceptors (Lipinski definition) is 4. The van der Waals surface area contributed by atoms with Crippen LogP contribution in [0.5, 0.6) is 0 Å². The van der Waals surface area contributed by atoms with E-state index in [-0.39, 0.29) is 28.8 Å². The molecule has 3 heterocycles. The number of rotatable bonds is 4. The number of anilines is 2. The molecule has 2 aromatic heterocycles. The van der Waals surface area contributed by atoms with Gasteiger partial charge in [-0.25, -0.2) is 13.8 Å². The minimum Gasteiger partial charge on any atom is -0.380 e. The summed E-state index contributed by atoms with van der Waals surface area (Å²) >= 11 is 0. The molecule has 1 aliphatic rings. The monoisotopic (exact) mass is 412 g/mol. The third kappa shape index (κ3) is 3.98. The average molecular weight is 412 g/mol. The number of benzene rings is 1. The Hall–Kier alpha value is -2.88. The van der Waals surface area contributed by atoms with Crippen molar-refractivity contribution in [2.45, 2.75) is 12.7 Å². The SMILES string of the molecule is Fc1ccc(F)c(CNc2c(C(F)(F)F)cnc3[nH]c(N4CCOCC4)cc23)c1. The number of ether oxygens (including phenoxy) is 1. The Bertz CT molecular complexity index is 1030. The predicted molar refractivity (Wildman–Crippen MR) is 97.8 cm³/mol. The van der Waals surface area contributed by atoms with E-state index in [9.17, 15) is 22.0 Å². The van der Waals surface area contributed by atoms with Gasteiger partial charge in [0, 0.05) is 36.8 Å². The number of hydrogen-bond donors (Lipinski definition) is 2. The molecule has 1 aromatic carbocycles. The molecular formula is C19H17F5N4O. The second-order valence-electron chi connectivity index (χ2n) is 6.65. The summed E-state index contributed by atoms with van der Waals surface area (Å²) in [6, 6.07) is 4.41. The van der Waals surface area contributed by atoms with Crippen LogP contribution in [0.25, 0.3) is 11.0 Å². The van der Waals surface area contributed by atoms with Crippen LogP contribution < -0.4 is 10.2 Å². The van der Waals surface area contributed by atoms with Crippen molar-refractivity contribution in [1.82, 2.24) is 9.97 Å². The lowest BCUT2D eigenvalue weighted by Crippen LogP contribution is -2.36. The molecule has 1 aliphatic heterocycles. The normalized spacial score (nSPS) is 15.1. The van der Waals surface area contributed by atoms with Crippen molar-refractivity contribution in [3.8, 4) is 0 Å². The Balaban J connectivity index is 1.74. The molecule has 0 atom stereocenters. The molecule has 10 heteroatoms. The maximum Gasteiger partial charge on any atom is 0.419 e. The van der Waals surface area contributed by atoms with Gasteiger partial charge in [-0.3, -0.25) is 0 Å². The Labute approximate surface area is 162 Å². The summed E-state index contributed by atoms with van der Waals surface area (Å²) in [7, 11) is 0. The van der Waals surface area contributed by atoms with Gasteiger partial charge in [0.2, 0.25) is 0 Å². The van der Waals surface area contributed by atoms with E-state index in [1.807, 2.05) is 4.90 Å². The molecule has 29 heavy (non-hydrogen) atoms.